The van der Waals surface area contributed by atoms with E-state index < -0.39 is 0 Å². The highest BCUT2D eigenvalue weighted by Crippen LogP contribution is 2.32. The highest BCUT2D eigenvalue weighted by Gasteiger charge is 2.25. The number of carbonyl (C=O) groups excluding carboxylic acids is 1. The Kier molecular flexibility index (Phi) is 2.68. The zero-order valence-corrected chi connectivity index (χ0v) is 9.67. The number of esters is 1. The van der Waals surface area contributed by atoms with Crippen molar-refractivity contribution >= 4 is 11.7 Å². The third-order valence-corrected chi connectivity index (χ3v) is 2.95. The van der Waals surface area contributed by atoms with Gasteiger partial charge in [-0.05, 0) is 18.2 Å². The molecule has 0 saturated heterocycles. The average Bonchev–Trinajstić information content (AvgIpc) is 2.83. The van der Waals surface area contributed by atoms with Crippen molar-refractivity contribution in [1.29, 1.82) is 0 Å². The minimum atomic E-state index is -0.319. The monoisotopic (exact) mass is 240 g/mol. The van der Waals surface area contributed by atoms with Crippen molar-refractivity contribution in [2.24, 2.45) is 0 Å². The number of pyridine rings is 1. The Labute approximate surface area is 105 Å². The van der Waals surface area contributed by atoms with Crippen LogP contribution in [-0.4, -0.2) is 17.5 Å². The molecule has 2 aromatic rings. The Bertz CT molecular complexity index is 569. The summed E-state index contributed by atoms with van der Waals surface area (Å²) in [6.45, 7) is 0.621. The second kappa shape index (κ2) is 4.49. The van der Waals surface area contributed by atoms with Gasteiger partial charge in [-0.3, -0.25) is 4.98 Å². The maximum Gasteiger partial charge on any atom is 0.338 e. The molecule has 0 bridgehead atoms. The predicted octanol–water partition coefficient (Wildman–Crippen LogP) is 2.41. The molecule has 4 heteroatoms. The van der Waals surface area contributed by atoms with E-state index >= 15 is 0 Å². The smallest absolute Gasteiger partial charge is 0.338 e. The Morgan fingerprint density at radius 2 is 2.00 bits per heavy atom. The molecule has 0 spiro atoms. The summed E-state index contributed by atoms with van der Waals surface area (Å²) in [6, 6.07) is 11.2. The SMILES string of the molecule is O=C(OC1CNc2ccccc21)c1ccncc1. The summed E-state index contributed by atoms with van der Waals surface area (Å²) in [5.41, 5.74) is 2.58. The van der Waals surface area contributed by atoms with Gasteiger partial charge in [0.05, 0.1) is 12.1 Å². The topological polar surface area (TPSA) is 51.2 Å². The molecular weight excluding hydrogens is 228 g/mol. The Balaban J connectivity index is 1.77. The predicted molar refractivity (Wildman–Crippen MR) is 67.3 cm³/mol. The lowest BCUT2D eigenvalue weighted by atomic mass is 10.1. The molecule has 1 aliphatic rings. The number of para-hydroxylation sites is 1. The van der Waals surface area contributed by atoms with E-state index in [2.05, 4.69) is 10.3 Å². The lowest BCUT2D eigenvalue weighted by Gasteiger charge is -2.11. The summed E-state index contributed by atoms with van der Waals surface area (Å²) >= 11 is 0. The fourth-order valence-electron chi connectivity index (χ4n) is 2.04. The van der Waals surface area contributed by atoms with Crippen molar-refractivity contribution in [3.05, 3.63) is 59.9 Å². The molecule has 0 amide bonds. The molecule has 1 N–H and O–H groups in total. The largest absolute Gasteiger partial charge is 0.452 e. The molecule has 0 radical (unpaired) electrons. The van der Waals surface area contributed by atoms with Crippen LogP contribution in [0, 0.1) is 0 Å². The van der Waals surface area contributed by atoms with Gasteiger partial charge in [0.1, 0.15) is 6.10 Å². The van der Waals surface area contributed by atoms with E-state index in [9.17, 15) is 4.79 Å². The molecule has 1 unspecified atom stereocenters. The van der Waals surface area contributed by atoms with Crippen molar-refractivity contribution in [3.8, 4) is 0 Å². The van der Waals surface area contributed by atoms with Crippen molar-refractivity contribution in [2.45, 2.75) is 6.10 Å². The van der Waals surface area contributed by atoms with Crippen LogP contribution in [0.3, 0.4) is 0 Å². The van der Waals surface area contributed by atoms with Gasteiger partial charge in [0.2, 0.25) is 0 Å². The van der Waals surface area contributed by atoms with Crippen LogP contribution in [0.15, 0.2) is 48.8 Å². The van der Waals surface area contributed by atoms with E-state index in [0.717, 1.165) is 11.3 Å². The quantitative estimate of drug-likeness (QED) is 0.819. The van der Waals surface area contributed by atoms with E-state index in [1.807, 2.05) is 24.3 Å². The number of hydrogen-bond acceptors (Lipinski definition) is 4. The molecule has 1 aromatic heterocycles. The van der Waals surface area contributed by atoms with Gasteiger partial charge in [-0.2, -0.15) is 0 Å². The molecule has 0 saturated carbocycles. The summed E-state index contributed by atoms with van der Waals surface area (Å²) in [5, 5.41) is 3.22. The van der Waals surface area contributed by atoms with Crippen LogP contribution >= 0.6 is 0 Å². The number of aromatic nitrogens is 1. The first kappa shape index (κ1) is 10.8. The van der Waals surface area contributed by atoms with Crippen LogP contribution in [0.2, 0.25) is 0 Å². The second-order valence-electron chi connectivity index (χ2n) is 4.10. The van der Waals surface area contributed by atoms with Gasteiger partial charge in [0.25, 0.3) is 0 Å². The van der Waals surface area contributed by atoms with Gasteiger partial charge < -0.3 is 10.1 Å². The average molecular weight is 240 g/mol. The van der Waals surface area contributed by atoms with E-state index in [4.69, 9.17) is 4.74 Å². The Morgan fingerprint density at radius 1 is 1.22 bits per heavy atom. The highest BCUT2D eigenvalue weighted by molar-refractivity contribution is 5.89. The van der Waals surface area contributed by atoms with Gasteiger partial charge >= 0.3 is 5.97 Å². The Hall–Kier alpha value is -2.36. The number of anilines is 1. The Morgan fingerprint density at radius 3 is 2.83 bits per heavy atom. The number of nitrogens with zero attached hydrogens (tertiary/aromatic N) is 1. The molecule has 1 aromatic carbocycles. The second-order valence-corrected chi connectivity index (χ2v) is 4.10. The van der Waals surface area contributed by atoms with Crippen LogP contribution in [0.4, 0.5) is 5.69 Å². The molecule has 2 heterocycles. The number of fused-ring (bicyclic) bond motifs is 1. The standard InChI is InChI=1S/C14H12N2O2/c17-14(10-5-7-15-8-6-10)18-13-9-16-12-4-2-1-3-11(12)13/h1-8,13,16H,9H2. The van der Waals surface area contributed by atoms with Crippen LogP contribution in [0.25, 0.3) is 0 Å². The minimum absolute atomic E-state index is 0.220. The number of rotatable bonds is 2. The third kappa shape index (κ3) is 1.93. The van der Waals surface area contributed by atoms with Crippen LogP contribution < -0.4 is 5.32 Å². The van der Waals surface area contributed by atoms with Crippen LogP contribution in [0.1, 0.15) is 22.0 Å². The van der Waals surface area contributed by atoms with E-state index in [0.29, 0.717) is 12.1 Å². The lowest BCUT2D eigenvalue weighted by molar-refractivity contribution is 0.0339. The zero-order valence-electron chi connectivity index (χ0n) is 9.67. The fourth-order valence-corrected chi connectivity index (χ4v) is 2.04. The first-order chi connectivity index (χ1) is 8.84. The summed E-state index contributed by atoms with van der Waals surface area (Å²) in [7, 11) is 0. The number of ether oxygens (including phenoxy) is 1. The van der Waals surface area contributed by atoms with E-state index in [-0.39, 0.29) is 12.1 Å². The van der Waals surface area contributed by atoms with Crippen molar-refractivity contribution < 1.29 is 9.53 Å². The normalized spacial score (nSPS) is 16.8. The van der Waals surface area contributed by atoms with Crippen LogP contribution in [-0.2, 0) is 4.74 Å². The fraction of sp³-hybridized carbons (Fsp3) is 0.143. The number of nitrogens with one attached hydrogen (secondary N) is 1. The molecular formula is C14H12N2O2. The summed E-state index contributed by atoms with van der Waals surface area (Å²) in [4.78, 5) is 15.8. The van der Waals surface area contributed by atoms with Crippen molar-refractivity contribution in [2.75, 3.05) is 11.9 Å². The molecule has 0 aliphatic carbocycles. The highest BCUT2D eigenvalue weighted by atomic mass is 16.5. The third-order valence-electron chi connectivity index (χ3n) is 2.95. The number of benzene rings is 1. The summed E-state index contributed by atoms with van der Waals surface area (Å²) in [5.74, 6) is -0.319. The van der Waals surface area contributed by atoms with Crippen molar-refractivity contribution in [3.63, 3.8) is 0 Å². The summed E-state index contributed by atoms with van der Waals surface area (Å²) < 4.78 is 5.49. The number of hydrogen-bond donors (Lipinski definition) is 1. The van der Waals surface area contributed by atoms with Gasteiger partial charge in [0.15, 0.2) is 0 Å². The lowest BCUT2D eigenvalue weighted by Crippen LogP contribution is -2.13. The van der Waals surface area contributed by atoms with Crippen LogP contribution in [0.5, 0.6) is 0 Å². The molecule has 3 rings (SSSR count). The minimum Gasteiger partial charge on any atom is -0.452 e. The number of carbonyl (C=O) groups is 1. The maximum absolute atomic E-state index is 11.9. The maximum atomic E-state index is 11.9. The summed E-state index contributed by atoms with van der Waals surface area (Å²) in [6.07, 6.45) is 2.94. The first-order valence-electron chi connectivity index (χ1n) is 5.78. The van der Waals surface area contributed by atoms with Gasteiger partial charge in [-0.1, -0.05) is 18.2 Å². The molecule has 1 aliphatic heterocycles. The van der Waals surface area contributed by atoms with E-state index in [1.54, 1.807) is 24.5 Å². The first-order valence-corrected chi connectivity index (χ1v) is 5.78. The van der Waals surface area contributed by atoms with Gasteiger partial charge in [-0.15, -0.1) is 0 Å². The van der Waals surface area contributed by atoms with Gasteiger partial charge in [0, 0.05) is 23.6 Å². The van der Waals surface area contributed by atoms with Crippen molar-refractivity contribution in [1.82, 2.24) is 4.98 Å². The molecule has 1 atom stereocenters. The molecule has 4 nitrogen and oxygen atoms in total. The van der Waals surface area contributed by atoms with E-state index in [1.165, 1.54) is 0 Å². The molecule has 0 fully saturated rings. The molecule has 90 valence electrons. The van der Waals surface area contributed by atoms with Gasteiger partial charge in [-0.25, -0.2) is 4.79 Å². The zero-order chi connectivity index (χ0) is 12.4. The molecule has 18 heavy (non-hydrogen) atoms.